The van der Waals surface area contributed by atoms with E-state index in [9.17, 15) is 5.11 Å². The minimum absolute atomic E-state index is 0.0761. The van der Waals surface area contributed by atoms with Crippen LogP contribution in [0.2, 0.25) is 0 Å². The predicted molar refractivity (Wildman–Crippen MR) is 88.6 cm³/mol. The van der Waals surface area contributed by atoms with Crippen molar-refractivity contribution in [2.45, 2.75) is 6.92 Å². The number of nitrogens with zero attached hydrogens (tertiary/aromatic N) is 4. The van der Waals surface area contributed by atoms with Crippen molar-refractivity contribution in [1.29, 1.82) is 0 Å². The Hall–Kier alpha value is -3.28. The number of phenolic OH excluding ortho intramolecular Hbond substituents is 1. The summed E-state index contributed by atoms with van der Waals surface area (Å²) in [6.07, 6.45) is 7.21. The molecule has 4 rings (SSSR count). The van der Waals surface area contributed by atoms with Crippen molar-refractivity contribution >= 4 is 11.3 Å². The molecule has 0 aliphatic heterocycles. The number of rotatable bonds is 2. The third-order valence-electron chi connectivity index (χ3n) is 3.90. The van der Waals surface area contributed by atoms with Crippen LogP contribution >= 0.6 is 0 Å². The number of aromatic nitrogens is 4. The first kappa shape index (κ1) is 13.4. The zero-order valence-electron chi connectivity index (χ0n) is 12.5. The molecule has 1 aromatic carbocycles. The van der Waals surface area contributed by atoms with Gasteiger partial charge in [-0.25, -0.2) is 4.52 Å². The largest absolute Gasteiger partial charge is 0.504 e. The Bertz CT molecular complexity index is 1000. The molecule has 0 fully saturated rings. The number of aryl methyl sites for hydroxylation is 1. The smallest absolute Gasteiger partial charge is 0.163 e. The Balaban J connectivity index is 1.93. The van der Waals surface area contributed by atoms with Gasteiger partial charge in [0.25, 0.3) is 0 Å². The molecule has 0 amide bonds. The highest BCUT2D eigenvalue weighted by Gasteiger charge is 2.15. The van der Waals surface area contributed by atoms with Crippen molar-refractivity contribution in [1.82, 2.24) is 19.2 Å². The Morgan fingerprint density at radius 1 is 1.17 bits per heavy atom. The fourth-order valence-corrected chi connectivity index (χ4v) is 2.73. The molecule has 3 aromatic heterocycles. The number of hydrogen-bond donors (Lipinski definition) is 2. The Kier molecular flexibility index (Phi) is 2.84. The highest BCUT2D eigenvalue weighted by atomic mass is 16.3. The molecule has 0 aliphatic rings. The van der Waals surface area contributed by atoms with E-state index in [0.717, 1.165) is 22.5 Å². The van der Waals surface area contributed by atoms with Crippen LogP contribution in [0.1, 0.15) is 5.56 Å². The lowest BCUT2D eigenvalue weighted by Gasteiger charge is -2.11. The van der Waals surface area contributed by atoms with Gasteiger partial charge in [-0.15, -0.1) is 0 Å². The number of nitrogens with two attached hydrogens (primary N) is 1. The highest BCUT2D eigenvalue weighted by Crippen LogP contribution is 2.33. The van der Waals surface area contributed by atoms with Gasteiger partial charge in [0.15, 0.2) is 5.75 Å². The van der Waals surface area contributed by atoms with Crippen LogP contribution in [0.25, 0.3) is 22.6 Å². The minimum atomic E-state index is 0.0761. The molecule has 0 atom stereocenters. The molecule has 23 heavy (non-hydrogen) atoms. The van der Waals surface area contributed by atoms with Gasteiger partial charge < -0.3 is 10.8 Å². The third kappa shape index (κ3) is 2.03. The van der Waals surface area contributed by atoms with Crippen LogP contribution in [0.4, 0.5) is 5.69 Å². The van der Waals surface area contributed by atoms with Gasteiger partial charge in [0.2, 0.25) is 0 Å². The fraction of sp³-hybridized carbons (Fsp3) is 0.0588. The average Bonchev–Trinajstić information content (AvgIpc) is 3.14. The fourth-order valence-electron chi connectivity index (χ4n) is 2.73. The molecular weight excluding hydrogens is 290 g/mol. The lowest BCUT2D eigenvalue weighted by molar-refractivity contribution is 0.475. The molecular formula is C17H15N5O. The van der Waals surface area contributed by atoms with Gasteiger partial charge >= 0.3 is 0 Å². The lowest BCUT2D eigenvalue weighted by Crippen LogP contribution is -1.99. The first-order chi connectivity index (χ1) is 11.1. The zero-order chi connectivity index (χ0) is 16.0. The van der Waals surface area contributed by atoms with Crippen molar-refractivity contribution in [2.75, 3.05) is 5.73 Å². The van der Waals surface area contributed by atoms with Gasteiger partial charge in [-0.2, -0.15) is 5.10 Å². The number of phenols is 1. The summed E-state index contributed by atoms with van der Waals surface area (Å²) < 4.78 is 3.65. The van der Waals surface area contributed by atoms with E-state index in [-0.39, 0.29) is 5.75 Å². The Labute approximate surface area is 132 Å². The molecule has 0 spiro atoms. The topological polar surface area (TPSA) is 81.4 Å². The number of anilines is 1. The molecule has 0 saturated heterocycles. The van der Waals surface area contributed by atoms with E-state index in [1.54, 1.807) is 23.0 Å². The molecule has 0 aliphatic carbocycles. The lowest BCUT2D eigenvalue weighted by atomic mass is 10.1. The molecule has 3 heterocycles. The summed E-state index contributed by atoms with van der Waals surface area (Å²) in [6, 6.07) is 9.38. The van der Waals surface area contributed by atoms with Gasteiger partial charge in [-0.1, -0.05) is 6.07 Å². The van der Waals surface area contributed by atoms with Crippen LogP contribution in [0.3, 0.4) is 0 Å². The monoisotopic (exact) mass is 305 g/mol. The molecule has 114 valence electrons. The van der Waals surface area contributed by atoms with Crippen LogP contribution in [-0.2, 0) is 0 Å². The first-order valence-electron chi connectivity index (χ1n) is 7.20. The van der Waals surface area contributed by atoms with Gasteiger partial charge in [-0.05, 0) is 30.7 Å². The van der Waals surface area contributed by atoms with Crippen molar-refractivity contribution in [3.63, 3.8) is 0 Å². The van der Waals surface area contributed by atoms with Crippen LogP contribution in [0.15, 0.2) is 55.1 Å². The number of hydrogen-bond acceptors (Lipinski definition) is 4. The van der Waals surface area contributed by atoms with Crippen LogP contribution in [0, 0.1) is 6.92 Å². The van der Waals surface area contributed by atoms with Crippen LogP contribution in [0.5, 0.6) is 5.75 Å². The van der Waals surface area contributed by atoms with Crippen molar-refractivity contribution in [2.24, 2.45) is 0 Å². The Morgan fingerprint density at radius 2 is 2.04 bits per heavy atom. The molecule has 4 aromatic rings. The van der Waals surface area contributed by atoms with Gasteiger partial charge in [0.05, 0.1) is 17.1 Å². The maximum Gasteiger partial charge on any atom is 0.163 e. The molecule has 0 radical (unpaired) electrons. The highest BCUT2D eigenvalue weighted by molar-refractivity contribution is 5.70. The Morgan fingerprint density at radius 3 is 2.83 bits per heavy atom. The zero-order valence-corrected chi connectivity index (χ0v) is 12.5. The molecule has 3 N–H and O–H groups in total. The molecule has 0 unspecified atom stereocenters. The summed E-state index contributed by atoms with van der Waals surface area (Å²) in [6.45, 7) is 1.93. The molecule has 6 nitrogen and oxygen atoms in total. The summed E-state index contributed by atoms with van der Waals surface area (Å²) in [5.41, 5.74) is 10.4. The molecule has 0 saturated carbocycles. The maximum atomic E-state index is 10.3. The van der Waals surface area contributed by atoms with Crippen molar-refractivity contribution in [3.8, 4) is 22.7 Å². The number of fused-ring (bicyclic) bond motifs is 1. The number of pyridine rings is 1. The van der Waals surface area contributed by atoms with E-state index in [2.05, 4.69) is 10.1 Å². The number of imidazole rings is 1. The second kappa shape index (κ2) is 4.88. The van der Waals surface area contributed by atoms with E-state index in [0.29, 0.717) is 11.4 Å². The summed E-state index contributed by atoms with van der Waals surface area (Å²) in [5, 5.41) is 14.9. The standard InChI is InChI=1S/C17H15N5O/c1-11-4-5-13(18)17(23)16(11)21-7-8-22-15(21)9-14(20-22)12-3-2-6-19-10-12/h2-10,23H,18H2,1H3. The number of aromatic hydroxyl groups is 1. The van der Waals surface area contributed by atoms with E-state index in [4.69, 9.17) is 5.73 Å². The summed E-state index contributed by atoms with van der Waals surface area (Å²) >= 11 is 0. The third-order valence-corrected chi connectivity index (χ3v) is 3.90. The van der Waals surface area contributed by atoms with Crippen molar-refractivity contribution in [3.05, 3.63) is 60.7 Å². The van der Waals surface area contributed by atoms with Gasteiger partial charge in [0.1, 0.15) is 5.65 Å². The van der Waals surface area contributed by atoms with E-state index >= 15 is 0 Å². The first-order valence-corrected chi connectivity index (χ1v) is 7.20. The summed E-state index contributed by atoms with van der Waals surface area (Å²) in [4.78, 5) is 4.12. The normalized spacial score (nSPS) is 11.2. The van der Waals surface area contributed by atoms with Crippen molar-refractivity contribution < 1.29 is 5.11 Å². The van der Waals surface area contributed by atoms with E-state index in [1.165, 1.54) is 0 Å². The maximum absolute atomic E-state index is 10.3. The van der Waals surface area contributed by atoms with Crippen LogP contribution in [-0.4, -0.2) is 24.3 Å². The van der Waals surface area contributed by atoms with E-state index in [1.807, 2.05) is 48.1 Å². The molecule has 6 heteroatoms. The molecule has 0 bridgehead atoms. The second-order valence-corrected chi connectivity index (χ2v) is 5.41. The predicted octanol–water partition coefficient (Wildman–Crippen LogP) is 2.78. The van der Waals surface area contributed by atoms with Gasteiger partial charge in [-0.3, -0.25) is 9.55 Å². The summed E-state index contributed by atoms with van der Waals surface area (Å²) in [7, 11) is 0. The van der Waals surface area contributed by atoms with Gasteiger partial charge in [0, 0.05) is 36.4 Å². The summed E-state index contributed by atoms with van der Waals surface area (Å²) in [5.74, 6) is 0.0761. The SMILES string of the molecule is Cc1ccc(N)c(O)c1-n1ccn2nc(-c3cccnc3)cc12. The van der Waals surface area contributed by atoms with Crippen LogP contribution < -0.4 is 5.73 Å². The average molecular weight is 305 g/mol. The minimum Gasteiger partial charge on any atom is -0.504 e. The number of benzene rings is 1. The van der Waals surface area contributed by atoms with E-state index < -0.39 is 0 Å². The quantitative estimate of drug-likeness (QED) is 0.441. The second-order valence-electron chi connectivity index (χ2n) is 5.41. The number of nitrogen functional groups attached to an aromatic ring is 1.